The molecule has 0 unspecified atom stereocenters. The molecular formula is C57H108O10Si5. The van der Waals surface area contributed by atoms with Gasteiger partial charge in [-0.15, -0.1) is 5.54 Å². The molecule has 0 N–H and O–H groups in total. The third-order valence-corrected chi connectivity index (χ3v) is 36.0. The molecule has 0 aliphatic carbocycles. The topological polar surface area (TPSA) is 108 Å². The van der Waals surface area contributed by atoms with Gasteiger partial charge in [0.25, 0.3) is 0 Å². The molecule has 0 radical (unpaired) electrons. The van der Waals surface area contributed by atoms with E-state index >= 15 is 4.79 Å². The average molecular weight is 1090 g/mol. The van der Waals surface area contributed by atoms with Gasteiger partial charge in [-0.05, 0) is 98.5 Å². The Morgan fingerprint density at radius 1 is 0.667 bits per heavy atom. The molecule has 1 aliphatic rings. The van der Waals surface area contributed by atoms with Crippen molar-refractivity contribution in [3.8, 4) is 11.5 Å². The summed E-state index contributed by atoms with van der Waals surface area (Å²) >= 11 is 0. The number of esters is 1. The highest BCUT2D eigenvalue weighted by Gasteiger charge is 2.51. The predicted molar refractivity (Wildman–Crippen MR) is 312 cm³/mol. The van der Waals surface area contributed by atoms with Crippen LogP contribution < -0.4 is 0 Å². The van der Waals surface area contributed by atoms with Crippen molar-refractivity contribution >= 4 is 53.1 Å². The number of ketones is 1. The molecule has 72 heavy (non-hydrogen) atoms. The normalized spacial score (nSPS) is 22.6. The van der Waals surface area contributed by atoms with Crippen LogP contribution in [0.2, 0.25) is 92.2 Å². The van der Waals surface area contributed by atoms with Crippen LogP contribution in [0.3, 0.4) is 0 Å². The molecule has 12 atom stereocenters. The standard InChI is InChI=1S/C57H108O10Si5/c1-39(42(4)64-69(22,23)54(6,7)8)47(62-49-38-48(65-70(24,25)55(9,10)11)52(43(5)61-49)67-72(28,29)57(15,16)17)37-45(58)40(2)50(66-71(26,27)56(12,13)14)41(3)51(46(60-18)35-36-68(19,20)21)63-53(59)44-33-31-30-32-34-44/h30-34,39-43,46-52H,37-38H2,1-29H3/t39-,40-,41+,42-,43-,46+,47-,48-,49+,50+,51-,52-/m1/s1. The van der Waals surface area contributed by atoms with E-state index in [1.54, 1.807) is 19.2 Å². The van der Waals surface area contributed by atoms with Gasteiger partial charge in [-0.25, -0.2) is 4.79 Å². The Balaban J connectivity index is 2.84. The quantitative estimate of drug-likeness (QED) is 0.0633. The Labute approximate surface area is 447 Å². The van der Waals surface area contributed by atoms with Gasteiger partial charge in [0.2, 0.25) is 0 Å². The van der Waals surface area contributed by atoms with Gasteiger partial charge in [0, 0.05) is 43.8 Å². The minimum Gasteiger partial charge on any atom is -0.455 e. The minimum absolute atomic E-state index is 0.0153. The Bertz CT molecular complexity index is 1940. The van der Waals surface area contributed by atoms with Crippen molar-refractivity contribution < 1.29 is 46.2 Å². The highest BCUT2D eigenvalue weighted by molar-refractivity contribution is 6.84. The zero-order valence-electron chi connectivity index (χ0n) is 51.3. The fraction of sp³-hybridized carbons (Fsp3) is 0.825. The van der Waals surface area contributed by atoms with Crippen molar-refractivity contribution in [1.82, 2.24) is 0 Å². The fourth-order valence-electron chi connectivity index (χ4n) is 7.76. The zero-order chi connectivity index (χ0) is 56.2. The van der Waals surface area contributed by atoms with Crippen molar-refractivity contribution in [2.75, 3.05) is 7.11 Å². The number of hydrogen-bond acceptors (Lipinski definition) is 10. The number of Topliss-reactive ketones (excluding diaryl/α,β-unsaturated/α-hetero) is 1. The van der Waals surface area contributed by atoms with Gasteiger partial charge < -0.3 is 36.7 Å². The molecule has 0 bridgehead atoms. The summed E-state index contributed by atoms with van der Waals surface area (Å²) in [5.74, 6) is 1.50. The maximum absolute atomic E-state index is 15.5. The Kier molecular flexibility index (Phi) is 23.2. The van der Waals surface area contributed by atoms with Crippen LogP contribution >= 0.6 is 0 Å². The lowest BCUT2D eigenvalue weighted by Crippen LogP contribution is -2.59. The van der Waals surface area contributed by atoms with E-state index in [1.807, 2.05) is 32.0 Å². The number of hydrogen-bond donors (Lipinski definition) is 0. The summed E-state index contributed by atoms with van der Waals surface area (Å²) in [5.41, 5.74) is 3.89. The third kappa shape index (κ3) is 18.4. The molecule has 0 saturated carbocycles. The van der Waals surface area contributed by atoms with E-state index in [1.165, 1.54) is 0 Å². The summed E-state index contributed by atoms with van der Waals surface area (Å²) in [7, 11) is -9.67. The highest BCUT2D eigenvalue weighted by atomic mass is 28.4. The van der Waals surface area contributed by atoms with E-state index in [0.717, 1.165) is 0 Å². The molecule has 1 aromatic carbocycles. The summed E-state index contributed by atoms with van der Waals surface area (Å²) in [6.45, 7) is 61.9. The number of rotatable bonds is 22. The number of methoxy groups -OCH3 is 1. The molecule has 2 rings (SSSR count). The molecule has 15 heteroatoms. The van der Waals surface area contributed by atoms with Crippen LogP contribution in [-0.4, -0.2) is 115 Å². The van der Waals surface area contributed by atoms with Crippen LogP contribution in [0.4, 0.5) is 0 Å². The second-order valence-corrected chi connectivity index (χ2v) is 52.2. The fourth-order valence-corrected chi connectivity index (χ4v) is 14.0. The van der Waals surface area contributed by atoms with Gasteiger partial charge in [0.15, 0.2) is 45.7 Å². The number of ether oxygens (including phenoxy) is 4. The molecule has 0 amide bonds. The van der Waals surface area contributed by atoms with Gasteiger partial charge >= 0.3 is 5.97 Å². The summed E-state index contributed by atoms with van der Waals surface area (Å²) in [6, 6.07) is 8.99. The second kappa shape index (κ2) is 25.0. The summed E-state index contributed by atoms with van der Waals surface area (Å²) in [5, 5.41) is -0.269. The molecule has 1 heterocycles. The maximum atomic E-state index is 15.5. The SMILES string of the molecule is CO[C@@H](C#C[Si](C)(C)C)[C@H](OC(=O)c1ccccc1)[C@@H](C)[C@@H](O[Si](C)(C)C(C)(C)C)[C@H](C)C(=O)C[C@@H](O[C@H]1C[C@@H](O[Si](C)(C)C(C)(C)C)[C@H](O[Si](C)(C)C(C)(C)C)[C@@H](C)O1)[C@H](C)[C@@H](C)O[Si](C)(C)C(C)(C)C. The molecule has 10 nitrogen and oxygen atoms in total. The van der Waals surface area contributed by atoms with Crippen LogP contribution in [-0.2, 0) is 41.4 Å². The lowest BCUT2D eigenvalue weighted by Gasteiger charge is -2.50. The van der Waals surface area contributed by atoms with Crippen LogP contribution in [0.1, 0.15) is 141 Å². The Morgan fingerprint density at radius 3 is 1.60 bits per heavy atom. The van der Waals surface area contributed by atoms with E-state index in [2.05, 4.69) is 187 Å². The van der Waals surface area contributed by atoms with Gasteiger partial charge in [0.05, 0.1) is 36.1 Å². The van der Waals surface area contributed by atoms with E-state index in [0.29, 0.717) is 12.0 Å². The molecule has 0 spiro atoms. The molecular weight excluding hydrogens is 985 g/mol. The van der Waals surface area contributed by atoms with Gasteiger partial charge in [-0.1, -0.05) is 148 Å². The van der Waals surface area contributed by atoms with Crippen LogP contribution in [0.15, 0.2) is 30.3 Å². The lowest BCUT2D eigenvalue weighted by atomic mass is 9.82. The number of carbonyl (C=O) groups excluding carboxylic acids is 2. The molecule has 1 aromatic rings. The zero-order valence-corrected chi connectivity index (χ0v) is 56.3. The van der Waals surface area contributed by atoms with Crippen molar-refractivity contribution in [1.29, 1.82) is 0 Å². The predicted octanol–water partition coefficient (Wildman–Crippen LogP) is 15.1. The van der Waals surface area contributed by atoms with Gasteiger partial charge in [0.1, 0.15) is 20.0 Å². The monoisotopic (exact) mass is 1090 g/mol. The largest absolute Gasteiger partial charge is 0.455 e. The van der Waals surface area contributed by atoms with Crippen LogP contribution in [0, 0.1) is 29.2 Å². The first-order chi connectivity index (χ1) is 32.2. The van der Waals surface area contributed by atoms with E-state index in [-0.39, 0.29) is 62.7 Å². The van der Waals surface area contributed by atoms with Crippen LogP contribution in [0.25, 0.3) is 0 Å². The van der Waals surface area contributed by atoms with Crippen molar-refractivity contribution in [3.63, 3.8) is 0 Å². The van der Waals surface area contributed by atoms with E-state index in [9.17, 15) is 4.79 Å². The first-order valence-corrected chi connectivity index (χ1v) is 42.2. The number of benzene rings is 1. The summed E-state index contributed by atoms with van der Waals surface area (Å²) in [6.07, 6.45) is -4.16. The third-order valence-electron chi connectivity index (χ3n) is 17.1. The van der Waals surface area contributed by atoms with E-state index in [4.69, 9.17) is 36.7 Å². The van der Waals surface area contributed by atoms with E-state index < -0.39 is 89.9 Å². The highest BCUT2D eigenvalue weighted by Crippen LogP contribution is 2.45. The van der Waals surface area contributed by atoms with Crippen molar-refractivity contribution in [2.24, 2.45) is 17.8 Å². The lowest BCUT2D eigenvalue weighted by molar-refractivity contribution is -0.262. The minimum atomic E-state index is -2.58. The molecule has 1 saturated heterocycles. The first kappa shape index (κ1) is 66.8. The summed E-state index contributed by atoms with van der Waals surface area (Å²) < 4.78 is 55.8. The smallest absolute Gasteiger partial charge is 0.338 e. The molecule has 416 valence electrons. The summed E-state index contributed by atoms with van der Waals surface area (Å²) in [4.78, 5) is 29.6. The number of carbonyl (C=O) groups is 2. The Morgan fingerprint density at radius 2 is 1.14 bits per heavy atom. The van der Waals surface area contributed by atoms with Crippen molar-refractivity contribution in [2.45, 2.75) is 278 Å². The van der Waals surface area contributed by atoms with Crippen molar-refractivity contribution in [3.05, 3.63) is 35.9 Å². The second-order valence-electron chi connectivity index (χ2n) is 28.5. The molecule has 1 fully saturated rings. The van der Waals surface area contributed by atoms with Crippen LogP contribution in [0.5, 0.6) is 0 Å². The maximum Gasteiger partial charge on any atom is 0.338 e. The van der Waals surface area contributed by atoms with Gasteiger partial charge in [-0.3, -0.25) is 4.79 Å². The van der Waals surface area contributed by atoms with Gasteiger partial charge in [-0.2, -0.15) is 0 Å². The average Bonchev–Trinajstić information content (AvgIpc) is 3.20. The first-order valence-electron chi connectivity index (χ1n) is 27.1. The Hall–Kier alpha value is -1.28. The molecule has 0 aromatic heterocycles. The molecule has 1 aliphatic heterocycles.